The van der Waals surface area contributed by atoms with Gasteiger partial charge >= 0.3 is 0 Å². The summed E-state index contributed by atoms with van der Waals surface area (Å²) in [7, 11) is 0. The van der Waals surface area contributed by atoms with Gasteiger partial charge in [0.1, 0.15) is 6.29 Å². The second kappa shape index (κ2) is 9.35. The summed E-state index contributed by atoms with van der Waals surface area (Å²) in [6, 6.07) is 0. The van der Waals surface area contributed by atoms with Crippen molar-refractivity contribution in [1.29, 1.82) is 0 Å². The van der Waals surface area contributed by atoms with Crippen LogP contribution in [0.15, 0.2) is 0 Å². The molecule has 0 spiro atoms. The summed E-state index contributed by atoms with van der Waals surface area (Å²) in [6.07, 6.45) is 2.39. The lowest BCUT2D eigenvalue weighted by atomic mass is 10.3. The Hall–Kier alpha value is -0.0400. The normalized spacial score (nSPS) is 7.00. The number of rotatable bonds is 1. The Balaban J connectivity index is 0. The zero-order chi connectivity index (χ0) is 6.28. The van der Waals surface area contributed by atoms with Gasteiger partial charge in [0, 0.05) is 12.3 Å². The molecule has 0 amide bonds. The van der Waals surface area contributed by atoms with E-state index in [0.717, 1.165) is 6.29 Å². The SMILES string of the molecule is CC(C)C=O.CCl. The summed E-state index contributed by atoms with van der Waals surface area (Å²) in [5.41, 5.74) is 0. The summed E-state index contributed by atoms with van der Waals surface area (Å²) in [5, 5.41) is 0. The standard InChI is InChI=1S/C4H8O.CH3Cl/c1-4(2)3-5;1-2/h3-4H,1-2H3;1H3. The van der Waals surface area contributed by atoms with Crippen LogP contribution < -0.4 is 0 Å². The van der Waals surface area contributed by atoms with E-state index in [1.807, 2.05) is 13.8 Å². The zero-order valence-corrected chi connectivity index (χ0v) is 5.70. The van der Waals surface area contributed by atoms with Crippen LogP contribution in [0.25, 0.3) is 0 Å². The van der Waals surface area contributed by atoms with Gasteiger partial charge < -0.3 is 4.79 Å². The van der Waals surface area contributed by atoms with Crippen LogP contribution in [0.2, 0.25) is 0 Å². The van der Waals surface area contributed by atoms with E-state index >= 15 is 0 Å². The highest BCUT2D eigenvalue weighted by Gasteiger charge is 1.79. The number of aldehydes is 1. The number of halogens is 1. The van der Waals surface area contributed by atoms with Crippen LogP contribution in [0.1, 0.15) is 13.8 Å². The Bertz CT molecular complexity index is 35.1. The molecule has 0 saturated heterocycles. The van der Waals surface area contributed by atoms with Crippen molar-refractivity contribution in [3.8, 4) is 0 Å². The van der Waals surface area contributed by atoms with Gasteiger partial charge in [-0.25, -0.2) is 0 Å². The lowest BCUT2D eigenvalue weighted by Gasteiger charge is -1.78. The lowest BCUT2D eigenvalue weighted by molar-refractivity contribution is -0.110. The van der Waals surface area contributed by atoms with Gasteiger partial charge in [0.15, 0.2) is 0 Å². The molecule has 44 valence electrons. The maximum atomic E-state index is 9.50. The number of carbonyl (C=O) groups is 1. The smallest absolute Gasteiger partial charge is 0.122 e. The molecule has 0 aliphatic heterocycles. The Labute approximate surface area is 49.7 Å². The van der Waals surface area contributed by atoms with Crippen LogP contribution in [0, 0.1) is 5.92 Å². The molecule has 0 fully saturated rings. The van der Waals surface area contributed by atoms with E-state index < -0.39 is 0 Å². The van der Waals surface area contributed by atoms with Crippen LogP contribution in [-0.4, -0.2) is 12.7 Å². The lowest BCUT2D eigenvalue weighted by Crippen LogP contribution is -1.82. The van der Waals surface area contributed by atoms with Gasteiger partial charge in [-0.1, -0.05) is 13.8 Å². The summed E-state index contributed by atoms with van der Waals surface area (Å²) >= 11 is 4.64. The summed E-state index contributed by atoms with van der Waals surface area (Å²) < 4.78 is 0. The fraction of sp³-hybridized carbons (Fsp3) is 0.800. The van der Waals surface area contributed by atoms with Crippen molar-refractivity contribution >= 4 is 17.9 Å². The molecule has 0 N–H and O–H groups in total. The maximum Gasteiger partial charge on any atom is 0.122 e. The molecule has 0 aliphatic rings. The van der Waals surface area contributed by atoms with Gasteiger partial charge in [-0.3, -0.25) is 0 Å². The van der Waals surface area contributed by atoms with Gasteiger partial charge in [-0.05, 0) is 0 Å². The molecule has 2 heteroatoms. The fourth-order valence-corrected chi connectivity index (χ4v) is 0. The highest BCUT2D eigenvalue weighted by molar-refractivity contribution is 6.15. The maximum absolute atomic E-state index is 9.50. The average Bonchev–Trinajstić information content (AvgIpc) is 1.73. The molecule has 7 heavy (non-hydrogen) atoms. The van der Waals surface area contributed by atoms with Crippen LogP contribution in [0.4, 0.5) is 0 Å². The van der Waals surface area contributed by atoms with Crippen molar-refractivity contribution in [3.63, 3.8) is 0 Å². The Morgan fingerprint density at radius 3 is 1.57 bits per heavy atom. The minimum Gasteiger partial charge on any atom is -0.303 e. The van der Waals surface area contributed by atoms with Crippen molar-refractivity contribution < 1.29 is 4.79 Å². The number of alkyl halides is 1. The second-order valence-electron chi connectivity index (χ2n) is 1.38. The van der Waals surface area contributed by atoms with Crippen LogP contribution in [0.3, 0.4) is 0 Å². The molecule has 0 rings (SSSR count). The van der Waals surface area contributed by atoms with Crippen LogP contribution in [0.5, 0.6) is 0 Å². The molecule has 1 nitrogen and oxygen atoms in total. The minimum absolute atomic E-state index is 0.204. The van der Waals surface area contributed by atoms with E-state index in [2.05, 4.69) is 11.6 Å². The van der Waals surface area contributed by atoms with Crippen LogP contribution >= 0.6 is 11.6 Å². The fourth-order valence-electron chi connectivity index (χ4n) is 0. The molecular weight excluding hydrogens is 112 g/mol. The molecular formula is C5H11ClO. The average molecular weight is 123 g/mol. The molecule has 0 aromatic carbocycles. The molecule has 0 bridgehead atoms. The summed E-state index contributed by atoms with van der Waals surface area (Å²) in [4.78, 5) is 9.50. The first kappa shape index (κ1) is 10.0. The Morgan fingerprint density at radius 2 is 1.57 bits per heavy atom. The van der Waals surface area contributed by atoms with E-state index in [1.54, 1.807) is 0 Å². The molecule has 0 saturated carbocycles. The predicted molar refractivity (Wildman–Crippen MR) is 32.7 cm³/mol. The van der Waals surface area contributed by atoms with Crippen molar-refractivity contribution in [2.75, 3.05) is 6.38 Å². The third-order valence-corrected chi connectivity index (χ3v) is 0.272. The third-order valence-electron chi connectivity index (χ3n) is 0.272. The van der Waals surface area contributed by atoms with Crippen molar-refractivity contribution in [2.45, 2.75) is 13.8 Å². The van der Waals surface area contributed by atoms with E-state index in [4.69, 9.17) is 0 Å². The highest BCUT2D eigenvalue weighted by atomic mass is 35.5. The van der Waals surface area contributed by atoms with Gasteiger partial charge in [-0.2, -0.15) is 0 Å². The Kier molecular flexibility index (Phi) is 13.4. The van der Waals surface area contributed by atoms with Gasteiger partial charge in [0.25, 0.3) is 0 Å². The first-order valence-electron chi connectivity index (χ1n) is 2.10. The summed E-state index contributed by atoms with van der Waals surface area (Å²) in [5.74, 6) is 0.204. The topological polar surface area (TPSA) is 17.1 Å². The minimum atomic E-state index is 0.204. The predicted octanol–water partition coefficient (Wildman–Crippen LogP) is 1.70. The molecule has 0 aromatic rings. The summed E-state index contributed by atoms with van der Waals surface area (Å²) in [6.45, 7) is 3.71. The van der Waals surface area contributed by atoms with E-state index in [0.29, 0.717) is 0 Å². The quantitative estimate of drug-likeness (QED) is 0.382. The van der Waals surface area contributed by atoms with Crippen molar-refractivity contribution in [2.24, 2.45) is 5.92 Å². The second-order valence-corrected chi connectivity index (χ2v) is 1.38. The molecule has 0 unspecified atom stereocenters. The monoisotopic (exact) mass is 122 g/mol. The van der Waals surface area contributed by atoms with Crippen molar-refractivity contribution in [1.82, 2.24) is 0 Å². The third kappa shape index (κ3) is 24.3. The van der Waals surface area contributed by atoms with E-state index in [1.165, 1.54) is 6.38 Å². The first-order chi connectivity index (χ1) is 3.27. The zero-order valence-electron chi connectivity index (χ0n) is 4.94. The molecule has 0 aromatic heterocycles. The first-order valence-corrected chi connectivity index (χ1v) is 2.86. The highest BCUT2D eigenvalue weighted by Crippen LogP contribution is 1.78. The molecule has 0 atom stereocenters. The van der Waals surface area contributed by atoms with Gasteiger partial charge in [0.2, 0.25) is 0 Å². The number of hydrogen-bond donors (Lipinski definition) is 0. The van der Waals surface area contributed by atoms with Gasteiger partial charge in [0.05, 0.1) is 0 Å². The van der Waals surface area contributed by atoms with Crippen molar-refractivity contribution in [3.05, 3.63) is 0 Å². The number of hydrogen-bond acceptors (Lipinski definition) is 1. The molecule has 0 radical (unpaired) electrons. The molecule has 0 aliphatic carbocycles. The number of carbonyl (C=O) groups excluding carboxylic acids is 1. The van der Waals surface area contributed by atoms with E-state index in [9.17, 15) is 4.79 Å². The molecule has 0 heterocycles. The Morgan fingerprint density at radius 1 is 1.43 bits per heavy atom. The van der Waals surface area contributed by atoms with Gasteiger partial charge in [-0.15, -0.1) is 11.6 Å². The van der Waals surface area contributed by atoms with Crippen LogP contribution in [-0.2, 0) is 4.79 Å². The largest absolute Gasteiger partial charge is 0.303 e. The van der Waals surface area contributed by atoms with E-state index in [-0.39, 0.29) is 5.92 Å².